The third-order valence-corrected chi connectivity index (χ3v) is 3.39. The maximum absolute atomic E-state index is 11.6. The lowest BCUT2D eigenvalue weighted by Crippen LogP contribution is -2.15. The van der Waals surface area contributed by atoms with Gasteiger partial charge in [0.1, 0.15) is 5.15 Å². The van der Waals surface area contributed by atoms with E-state index in [1.807, 2.05) is 6.92 Å². The highest BCUT2D eigenvalue weighted by atomic mass is 79.9. The van der Waals surface area contributed by atoms with Crippen molar-refractivity contribution in [1.82, 2.24) is 4.98 Å². The van der Waals surface area contributed by atoms with Crippen LogP contribution in [0.1, 0.15) is 19.8 Å². The van der Waals surface area contributed by atoms with Gasteiger partial charge in [0.2, 0.25) is 5.91 Å². The summed E-state index contributed by atoms with van der Waals surface area (Å²) in [5, 5.41) is 3.12. The molecule has 0 aliphatic carbocycles. The molecule has 1 heterocycles. The molecule has 1 amide bonds. The number of nitrogens with one attached hydrogen (secondary N) is 1. The Morgan fingerprint density at radius 3 is 3.00 bits per heavy atom. The van der Waals surface area contributed by atoms with Gasteiger partial charge in [-0.2, -0.15) is 0 Å². The number of hydrogen-bond donors (Lipinski definition) is 1. The Hall–Kier alpha value is -0.650. The van der Waals surface area contributed by atoms with Gasteiger partial charge in [-0.3, -0.25) is 4.79 Å². The van der Waals surface area contributed by atoms with Crippen molar-refractivity contribution in [2.45, 2.75) is 25.9 Å². The minimum absolute atomic E-state index is 0.0649. The zero-order valence-electron chi connectivity index (χ0n) is 9.67. The van der Waals surface area contributed by atoms with Gasteiger partial charge in [-0.05, 0) is 35.3 Å². The molecule has 0 saturated carbocycles. The minimum atomic E-state index is -0.0649. The van der Waals surface area contributed by atoms with Crippen LogP contribution in [0.2, 0.25) is 5.15 Å². The van der Waals surface area contributed by atoms with Crippen molar-refractivity contribution in [3.05, 3.63) is 21.9 Å². The number of methoxy groups -OCH3 is 1. The Morgan fingerprint density at radius 1 is 1.71 bits per heavy atom. The van der Waals surface area contributed by atoms with E-state index in [0.717, 1.165) is 0 Å². The first kappa shape index (κ1) is 14.4. The van der Waals surface area contributed by atoms with Crippen molar-refractivity contribution < 1.29 is 9.53 Å². The van der Waals surface area contributed by atoms with E-state index >= 15 is 0 Å². The number of hydrogen-bond acceptors (Lipinski definition) is 3. The van der Waals surface area contributed by atoms with Gasteiger partial charge in [-0.25, -0.2) is 4.98 Å². The average molecular weight is 322 g/mol. The standard InChI is InChI=1S/C11H14BrClN2O2/c1-7(17-2)3-4-10(16)15-8-5-9(12)11(13)14-6-8/h5-7H,3-4H2,1-2H3,(H,15,16). The van der Waals surface area contributed by atoms with Crippen LogP contribution < -0.4 is 5.32 Å². The number of halogens is 2. The summed E-state index contributed by atoms with van der Waals surface area (Å²) in [6, 6.07) is 1.72. The fraction of sp³-hybridized carbons (Fsp3) is 0.455. The normalized spacial score (nSPS) is 12.2. The molecule has 1 aromatic rings. The van der Waals surface area contributed by atoms with Crippen LogP contribution in [0.25, 0.3) is 0 Å². The van der Waals surface area contributed by atoms with Gasteiger partial charge in [-0.15, -0.1) is 0 Å². The number of anilines is 1. The lowest BCUT2D eigenvalue weighted by Gasteiger charge is -2.09. The lowest BCUT2D eigenvalue weighted by molar-refractivity contribution is -0.116. The minimum Gasteiger partial charge on any atom is -0.382 e. The molecule has 0 aliphatic heterocycles. The summed E-state index contributed by atoms with van der Waals surface area (Å²) in [6.07, 6.45) is 2.70. The highest BCUT2D eigenvalue weighted by Gasteiger charge is 2.07. The fourth-order valence-corrected chi connectivity index (χ4v) is 1.62. The van der Waals surface area contributed by atoms with Crippen molar-refractivity contribution >= 4 is 39.1 Å². The second-order valence-corrected chi connectivity index (χ2v) is 4.84. The van der Waals surface area contributed by atoms with E-state index in [1.165, 1.54) is 6.20 Å². The second kappa shape index (κ2) is 6.93. The molecule has 0 aromatic carbocycles. The topological polar surface area (TPSA) is 51.2 Å². The number of aromatic nitrogens is 1. The van der Waals surface area contributed by atoms with Crippen molar-refractivity contribution in [2.75, 3.05) is 12.4 Å². The number of amides is 1. The quantitative estimate of drug-likeness (QED) is 0.847. The Kier molecular flexibility index (Phi) is 5.88. The van der Waals surface area contributed by atoms with E-state index in [-0.39, 0.29) is 12.0 Å². The molecular formula is C11H14BrClN2O2. The molecule has 1 atom stereocenters. The molecule has 94 valence electrons. The summed E-state index contributed by atoms with van der Waals surface area (Å²) in [5.74, 6) is -0.0649. The smallest absolute Gasteiger partial charge is 0.224 e. The molecule has 1 unspecified atom stereocenters. The van der Waals surface area contributed by atoms with Gasteiger partial charge in [0.05, 0.1) is 22.5 Å². The highest BCUT2D eigenvalue weighted by molar-refractivity contribution is 9.10. The molecule has 0 saturated heterocycles. The Bertz CT molecular complexity index is 401. The molecule has 17 heavy (non-hydrogen) atoms. The number of carbonyl (C=O) groups is 1. The summed E-state index contributed by atoms with van der Waals surface area (Å²) in [5.41, 5.74) is 0.622. The number of rotatable bonds is 5. The summed E-state index contributed by atoms with van der Waals surface area (Å²) in [6.45, 7) is 1.92. The van der Waals surface area contributed by atoms with Gasteiger partial charge < -0.3 is 10.1 Å². The molecule has 0 aliphatic rings. The van der Waals surface area contributed by atoms with E-state index in [1.54, 1.807) is 13.2 Å². The monoisotopic (exact) mass is 320 g/mol. The summed E-state index contributed by atoms with van der Waals surface area (Å²) < 4.78 is 5.72. The Labute approximate surface area is 114 Å². The molecule has 0 fully saturated rings. The number of ether oxygens (including phenoxy) is 1. The first-order chi connectivity index (χ1) is 8.02. The Balaban J connectivity index is 2.48. The summed E-state index contributed by atoms with van der Waals surface area (Å²) >= 11 is 9.00. The molecule has 0 radical (unpaired) electrons. The van der Waals surface area contributed by atoms with E-state index in [9.17, 15) is 4.79 Å². The maximum Gasteiger partial charge on any atom is 0.224 e. The van der Waals surface area contributed by atoms with E-state index in [2.05, 4.69) is 26.2 Å². The molecule has 1 rings (SSSR count). The third kappa shape index (κ3) is 5.02. The fourth-order valence-electron chi connectivity index (χ4n) is 1.17. The second-order valence-electron chi connectivity index (χ2n) is 3.63. The van der Waals surface area contributed by atoms with Crippen LogP contribution in [0.5, 0.6) is 0 Å². The van der Waals surface area contributed by atoms with Crippen LogP contribution in [0.4, 0.5) is 5.69 Å². The van der Waals surface area contributed by atoms with Gasteiger partial charge in [0.25, 0.3) is 0 Å². The Morgan fingerprint density at radius 2 is 2.41 bits per heavy atom. The van der Waals surface area contributed by atoms with Crippen LogP contribution in [0, 0.1) is 0 Å². The zero-order chi connectivity index (χ0) is 12.8. The van der Waals surface area contributed by atoms with Gasteiger partial charge in [-0.1, -0.05) is 11.6 Å². The van der Waals surface area contributed by atoms with Crippen molar-refractivity contribution in [2.24, 2.45) is 0 Å². The maximum atomic E-state index is 11.6. The van der Waals surface area contributed by atoms with Crippen molar-refractivity contribution in [3.8, 4) is 0 Å². The molecule has 0 bridgehead atoms. The molecule has 6 heteroatoms. The number of nitrogens with zero attached hydrogens (tertiary/aromatic N) is 1. The van der Waals surface area contributed by atoms with Crippen LogP contribution in [0.3, 0.4) is 0 Å². The first-order valence-corrected chi connectivity index (χ1v) is 6.33. The third-order valence-electron chi connectivity index (χ3n) is 2.26. The predicted molar refractivity (Wildman–Crippen MR) is 71.3 cm³/mol. The highest BCUT2D eigenvalue weighted by Crippen LogP contribution is 2.22. The number of carbonyl (C=O) groups excluding carboxylic acids is 1. The van der Waals surface area contributed by atoms with E-state index < -0.39 is 0 Å². The lowest BCUT2D eigenvalue weighted by atomic mass is 10.2. The van der Waals surface area contributed by atoms with E-state index in [4.69, 9.17) is 16.3 Å². The average Bonchev–Trinajstić information content (AvgIpc) is 2.31. The van der Waals surface area contributed by atoms with Crippen LogP contribution in [-0.4, -0.2) is 24.1 Å². The van der Waals surface area contributed by atoms with Crippen molar-refractivity contribution in [3.63, 3.8) is 0 Å². The van der Waals surface area contributed by atoms with Crippen LogP contribution >= 0.6 is 27.5 Å². The van der Waals surface area contributed by atoms with Gasteiger partial charge in [0, 0.05) is 13.5 Å². The first-order valence-electron chi connectivity index (χ1n) is 5.16. The molecule has 0 spiro atoms. The van der Waals surface area contributed by atoms with E-state index in [0.29, 0.717) is 28.2 Å². The largest absolute Gasteiger partial charge is 0.382 e. The predicted octanol–water partition coefficient (Wildman–Crippen LogP) is 3.25. The number of pyridine rings is 1. The summed E-state index contributed by atoms with van der Waals surface area (Å²) in [4.78, 5) is 15.5. The van der Waals surface area contributed by atoms with Gasteiger partial charge in [0.15, 0.2) is 0 Å². The summed E-state index contributed by atoms with van der Waals surface area (Å²) in [7, 11) is 1.63. The molecule has 1 N–H and O–H groups in total. The van der Waals surface area contributed by atoms with Crippen molar-refractivity contribution in [1.29, 1.82) is 0 Å². The SMILES string of the molecule is COC(C)CCC(=O)Nc1cnc(Cl)c(Br)c1. The molecular weight excluding hydrogens is 307 g/mol. The zero-order valence-corrected chi connectivity index (χ0v) is 12.0. The molecule has 4 nitrogen and oxygen atoms in total. The van der Waals surface area contributed by atoms with Crippen LogP contribution in [-0.2, 0) is 9.53 Å². The molecule has 1 aromatic heterocycles. The van der Waals surface area contributed by atoms with Crippen LogP contribution in [0.15, 0.2) is 16.7 Å². The van der Waals surface area contributed by atoms with Gasteiger partial charge >= 0.3 is 0 Å².